The zero-order chi connectivity index (χ0) is 21.6. The number of hydrogen-bond acceptors (Lipinski definition) is 4. The lowest BCUT2D eigenvalue weighted by molar-refractivity contribution is -0.117. The van der Waals surface area contributed by atoms with Crippen LogP contribution in [0.3, 0.4) is 0 Å². The average molecular weight is 462 g/mol. The summed E-state index contributed by atoms with van der Waals surface area (Å²) in [6.45, 7) is 3.92. The number of nitrogens with one attached hydrogen (secondary N) is 3. The van der Waals surface area contributed by atoms with Crippen LogP contribution in [0.5, 0.6) is 0 Å². The first-order chi connectivity index (χ1) is 14.3. The Morgan fingerprint density at radius 2 is 1.73 bits per heavy atom. The molecule has 3 aromatic rings. The van der Waals surface area contributed by atoms with Gasteiger partial charge in [0.2, 0.25) is 9.70 Å². The molecule has 0 aliphatic rings. The summed E-state index contributed by atoms with van der Waals surface area (Å²) in [4.78, 5) is 16.7. The second kappa shape index (κ2) is 9.85. The van der Waals surface area contributed by atoms with E-state index in [1.54, 1.807) is 12.3 Å². The standard InChI is InChI=1S/C22H19Cl3N4O/c1-15(27-18-11-5-9-17-10-6-14-26-20(17)18)28-21(22(23,24)25)29-19(30)13-12-16-7-3-2-4-8-16/h2-14,21,27-28H,1H2,(H,29,30)/b13-12+. The summed E-state index contributed by atoms with van der Waals surface area (Å²) in [7, 11) is 0. The van der Waals surface area contributed by atoms with Gasteiger partial charge < -0.3 is 16.0 Å². The van der Waals surface area contributed by atoms with Gasteiger partial charge in [0.1, 0.15) is 6.17 Å². The van der Waals surface area contributed by atoms with Gasteiger partial charge in [-0.2, -0.15) is 0 Å². The molecule has 1 aromatic heterocycles. The van der Waals surface area contributed by atoms with Gasteiger partial charge in [-0.3, -0.25) is 9.78 Å². The first-order valence-electron chi connectivity index (χ1n) is 8.99. The minimum Gasteiger partial charge on any atom is -0.349 e. The Balaban J connectivity index is 1.68. The van der Waals surface area contributed by atoms with Gasteiger partial charge in [-0.1, -0.05) is 89.9 Å². The fourth-order valence-corrected chi connectivity index (χ4v) is 3.03. The summed E-state index contributed by atoms with van der Waals surface area (Å²) >= 11 is 18.2. The molecule has 8 heteroatoms. The number of aromatic nitrogens is 1. The topological polar surface area (TPSA) is 66.1 Å². The lowest BCUT2D eigenvalue weighted by Crippen LogP contribution is -2.53. The third kappa shape index (κ3) is 6.13. The van der Waals surface area contributed by atoms with Crippen LogP contribution in [0.25, 0.3) is 17.0 Å². The van der Waals surface area contributed by atoms with Crippen molar-refractivity contribution in [2.45, 2.75) is 9.96 Å². The van der Waals surface area contributed by atoms with E-state index in [0.29, 0.717) is 5.82 Å². The SMILES string of the molecule is C=C(Nc1cccc2cccnc12)NC(NC(=O)/C=C/c1ccccc1)C(Cl)(Cl)Cl. The number of amides is 1. The van der Waals surface area contributed by atoms with Crippen LogP contribution < -0.4 is 16.0 Å². The molecule has 1 heterocycles. The third-order valence-electron chi connectivity index (χ3n) is 4.08. The highest BCUT2D eigenvalue weighted by atomic mass is 35.6. The van der Waals surface area contributed by atoms with Gasteiger partial charge in [0.25, 0.3) is 0 Å². The number of halogens is 3. The molecule has 0 saturated heterocycles. The average Bonchev–Trinajstić information content (AvgIpc) is 2.72. The van der Waals surface area contributed by atoms with Crippen molar-refractivity contribution >= 4 is 63.4 Å². The lowest BCUT2D eigenvalue weighted by Gasteiger charge is -2.28. The number of alkyl halides is 3. The third-order valence-corrected chi connectivity index (χ3v) is 4.73. The molecule has 30 heavy (non-hydrogen) atoms. The van der Waals surface area contributed by atoms with E-state index in [1.165, 1.54) is 6.08 Å². The van der Waals surface area contributed by atoms with Crippen molar-refractivity contribution in [1.29, 1.82) is 0 Å². The van der Waals surface area contributed by atoms with E-state index in [9.17, 15) is 4.79 Å². The Morgan fingerprint density at radius 3 is 2.47 bits per heavy atom. The molecule has 1 atom stereocenters. The van der Waals surface area contributed by atoms with Gasteiger partial charge in [-0.05, 0) is 23.8 Å². The fraction of sp³-hybridized carbons (Fsp3) is 0.0909. The summed E-state index contributed by atoms with van der Waals surface area (Å²) in [5, 5.41) is 9.61. The van der Waals surface area contributed by atoms with E-state index in [1.807, 2.05) is 60.7 Å². The van der Waals surface area contributed by atoms with Gasteiger partial charge in [0.05, 0.1) is 17.0 Å². The number of para-hydroxylation sites is 1. The number of benzene rings is 2. The van der Waals surface area contributed by atoms with Crippen LogP contribution >= 0.6 is 34.8 Å². The van der Waals surface area contributed by atoms with Crippen LogP contribution in [0.15, 0.2) is 85.3 Å². The highest BCUT2D eigenvalue weighted by molar-refractivity contribution is 6.68. The maximum atomic E-state index is 12.3. The molecule has 0 spiro atoms. The highest BCUT2D eigenvalue weighted by Crippen LogP contribution is 2.30. The Hall–Kier alpha value is -2.73. The number of hydrogen-bond donors (Lipinski definition) is 3. The Bertz CT molecular complexity index is 1060. The Labute approximate surface area is 189 Å². The number of carbonyl (C=O) groups is 1. The molecule has 0 fully saturated rings. The molecule has 0 aliphatic heterocycles. The van der Waals surface area contributed by atoms with E-state index in [2.05, 4.69) is 27.5 Å². The van der Waals surface area contributed by atoms with Crippen molar-refractivity contribution < 1.29 is 4.79 Å². The van der Waals surface area contributed by atoms with Crippen molar-refractivity contribution in [3.63, 3.8) is 0 Å². The molecule has 1 unspecified atom stereocenters. The molecule has 0 saturated carbocycles. The second-order valence-electron chi connectivity index (χ2n) is 6.36. The lowest BCUT2D eigenvalue weighted by atomic mass is 10.2. The minimum atomic E-state index is -1.82. The van der Waals surface area contributed by atoms with Crippen LogP contribution in [0, 0.1) is 0 Å². The number of rotatable bonds is 7. The number of nitrogens with zero attached hydrogens (tertiary/aromatic N) is 1. The van der Waals surface area contributed by atoms with E-state index >= 15 is 0 Å². The molecule has 0 aliphatic carbocycles. The fourth-order valence-electron chi connectivity index (χ4n) is 2.70. The largest absolute Gasteiger partial charge is 0.349 e. The van der Waals surface area contributed by atoms with E-state index in [-0.39, 0.29) is 0 Å². The maximum Gasteiger partial charge on any atom is 0.245 e. The summed E-state index contributed by atoms with van der Waals surface area (Å²) in [6.07, 6.45) is 3.70. The predicted octanol–water partition coefficient (Wildman–Crippen LogP) is 5.23. The molecule has 3 N–H and O–H groups in total. The number of fused-ring (bicyclic) bond motifs is 1. The summed E-state index contributed by atoms with van der Waals surface area (Å²) in [6, 6.07) is 18.9. The highest BCUT2D eigenvalue weighted by Gasteiger charge is 2.34. The molecule has 2 aromatic carbocycles. The van der Waals surface area contributed by atoms with Crippen molar-refractivity contribution in [3.8, 4) is 0 Å². The van der Waals surface area contributed by atoms with Crippen molar-refractivity contribution in [1.82, 2.24) is 15.6 Å². The van der Waals surface area contributed by atoms with Gasteiger partial charge in [-0.15, -0.1) is 0 Å². The van der Waals surface area contributed by atoms with Crippen molar-refractivity contribution in [2.75, 3.05) is 5.32 Å². The van der Waals surface area contributed by atoms with Gasteiger partial charge in [-0.25, -0.2) is 0 Å². The van der Waals surface area contributed by atoms with Crippen LogP contribution in [-0.4, -0.2) is 20.8 Å². The quantitative estimate of drug-likeness (QED) is 0.256. The van der Waals surface area contributed by atoms with Crippen LogP contribution in [0.1, 0.15) is 5.56 Å². The zero-order valence-electron chi connectivity index (χ0n) is 15.8. The summed E-state index contributed by atoms with van der Waals surface area (Å²) < 4.78 is -1.82. The molecule has 154 valence electrons. The van der Waals surface area contributed by atoms with Crippen molar-refractivity contribution in [3.05, 3.63) is 90.9 Å². The van der Waals surface area contributed by atoms with Crippen LogP contribution in [0.2, 0.25) is 0 Å². The number of pyridine rings is 1. The molecule has 0 radical (unpaired) electrons. The van der Waals surface area contributed by atoms with Gasteiger partial charge >= 0.3 is 0 Å². The molecule has 1 amide bonds. The van der Waals surface area contributed by atoms with Gasteiger partial charge in [0.15, 0.2) is 0 Å². The molecular weight excluding hydrogens is 443 g/mol. The van der Waals surface area contributed by atoms with Gasteiger partial charge in [0, 0.05) is 17.7 Å². The number of carbonyl (C=O) groups excluding carboxylic acids is 1. The molecule has 3 rings (SSSR count). The molecular formula is C22H19Cl3N4O. The first-order valence-corrected chi connectivity index (χ1v) is 10.1. The summed E-state index contributed by atoms with van der Waals surface area (Å²) in [5.74, 6) is -0.0980. The van der Waals surface area contributed by atoms with Crippen molar-refractivity contribution in [2.24, 2.45) is 0 Å². The molecule has 0 bridgehead atoms. The van der Waals surface area contributed by atoms with E-state index < -0.39 is 15.9 Å². The Kier molecular flexibility index (Phi) is 7.21. The first kappa shape index (κ1) is 22.0. The minimum absolute atomic E-state index is 0.330. The van der Waals surface area contributed by atoms with Crippen LogP contribution in [-0.2, 0) is 4.79 Å². The Morgan fingerprint density at radius 1 is 1.00 bits per heavy atom. The normalized spacial score (nSPS) is 12.5. The maximum absolute atomic E-state index is 12.3. The van der Waals surface area contributed by atoms with E-state index in [0.717, 1.165) is 22.2 Å². The predicted molar refractivity (Wildman–Crippen MR) is 125 cm³/mol. The summed E-state index contributed by atoms with van der Waals surface area (Å²) in [5.41, 5.74) is 2.37. The number of anilines is 1. The van der Waals surface area contributed by atoms with E-state index in [4.69, 9.17) is 34.8 Å². The molecule has 5 nitrogen and oxygen atoms in total. The second-order valence-corrected chi connectivity index (χ2v) is 8.72. The van der Waals surface area contributed by atoms with Crippen LogP contribution in [0.4, 0.5) is 5.69 Å². The smallest absolute Gasteiger partial charge is 0.245 e. The monoisotopic (exact) mass is 460 g/mol. The zero-order valence-corrected chi connectivity index (χ0v) is 18.0.